The standard InChI is InChI=1S/C20H28N2O/c1-20(2,3)18-9-7-8-15(19(18)23)14-22(6)17-12-10-16(11-13-17)21(4)5/h7-13,23H,14H2,1-6H3. The lowest BCUT2D eigenvalue weighted by Crippen LogP contribution is -2.18. The van der Waals surface area contributed by atoms with Crippen LogP contribution in [0.5, 0.6) is 5.75 Å². The minimum atomic E-state index is -0.0635. The summed E-state index contributed by atoms with van der Waals surface area (Å²) < 4.78 is 0. The van der Waals surface area contributed by atoms with Gasteiger partial charge < -0.3 is 14.9 Å². The topological polar surface area (TPSA) is 26.7 Å². The molecule has 0 aliphatic carbocycles. The number of para-hydroxylation sites is 1. The summed E-state index contributed by atoms with van der Waals surface area (Å²) in [6.07, 6.45) is 0. The van der Waals surface area contributed by atoms with E-state index in [1.807, 2.05) is 39.3 Å². The molecule has 1 N–H and O–H groups in total. The van der Waals surface area contributed by atoms with Gasteiger partial charge >= 0.3 is 0 Å². The highest BCUT2D eigenvalue weighted by atomic mass is 16.3. The Morgan fingerprint density at radius 2 is 1.43 bits per heavy atom. The maximum atomic E-state index is 10.6. The minimum absolute atomic E-state index is 0.0635. The first kappa shape index (κ1) is 17.2. The molecule has 0 fully saturated rings. The zero-order valence-corrected chi connectivity index (χ0v) is 15.1. The molecule has 0 unspecified atom stereocenters. The van der Waals surface area contributed by atoms with E-state index in [4.69, 9.17) is 0 Å². The van der Waals surface area contributed by atoms with Gasteiger partial charge in [0.05, 0.1) is 0 Å². The van der Waals surface area contributed by atoms with E-state index in [2.05, 4.69) is 54.8 Å². The summed E-state index contributed by atoms with van der Waals surface area (Å²) in [5, 5.41) is 10.6. The van der Waals surface area contributed by atoms with Gasteiger partial charge in [-0.3, -0.25) is 0 Å². The van der Waals surface area contributed by atoms with Crippen LogP contribution < -0.4 is 9.80 Å². The molecule has 0 heterocycles. The fourth-order valence-corrected chi connectivity index (χ4v) is 2.68. The lowest BCUT2D eigenvalue weighted by Gasteiger charge is -2.25. The number of phenolic OH excluding ortho intramolecular Hbond substituents is 1. The van der Waals surface area contributed by atoms with Gasteiger partial charge in [0.15, 0.2) is 0 Å². The average Bonchev–Trinajstić information content (AvgIpc) is 2.48. The van der Waals surface area contributed by atoms with E-state index in [9.17, 15) is 5.11 Å². The Bertz CT molecular complexity index is 654. The lowest BCUT2D eigenvalue weighted by molar-refractivity contribution is 0.440. The second-order valence-electron chi connectivity index (χ2n) is 7.33. The van der Waals surface area contributed by atoms with E-state index >= 15 is 0 Å². The molecule has 0 saturated carbocycles. The fourth-order valence-electron chi connectivity index (χ4n) is 2.68. The van der Waals surface area contributed by atoms with Crippen molar-refractivity contribution in [3.05, 3.63) is 53.6 Å². The summed E-state index contributed by atoms with van der Waals surface area (Å²) in [5.74, 6) is 0.414. The summed E-state index contributed by atoms with van der Waals surface area (Å²) >= 11 is 0. The number of benzene rings is 2. The van der Waals surface area contributed by atoms with E-state index in [1.54, 1.807) is 0 Å². The van der Waals surface area contributed by atoms with Crippen molar-refractivity contribution in [2.24, 2.45) is 0 Å². The Hall–Kier alpha value is -2.16. The van der Waals surface area contributed by atoms with Crippen molar-refractivity contribution in [3.63, 3.8) is 0 Å². The molecule has 0 aromatic heterocycles. The Morgan fingerprint density at radius 1 is 0.870 bits per heavy atom. The van der Waals surface area contributed by atoms with Crippen molar-refractivity contribution in [2.75, 3.05) is 30.9 Å². The molecule has 23 heavy (non-hydrogen) atoms. The zero-order valence-electron chi connectivity index (χ0n) is 15.1. The maximum Gasteiger partial charge on any atom is 0.124 e. The summed E-state index contributed by atoms with van der Waals surface area (Å²) in [4.78, 5) is 4.24. The van der Waals surface area contributed by atoms with Crippen LogP contribution in [0.2, 0.25) is 0 Å². The van der Waals surface area contributed by atoms with Crippen molar-refractivity contribution in [2.45, 2.75) is 32.7 Å². The number of hydrogen-bond acceptors (Lipinski definition) is 3. The van der Waals surface area contributed by atoms with E-state index in [0.717, 1.165) is 16.8 Å². The Labute approximate surface area is 140 Å². The molecule has 2 rings (SSSR count). The number of rotatable bonds is 4. The van der Waals surface area contributed by atoms with Crippen molar-refractivity contribution < 1.29 is 5.11 Å². The van der Waals surface area contributed by atoms with Gasteiger partial charge in [-0.1, -0.05) is 39.0 Å². The highest BCUT2D eigenvalue weighted by Gasteiger charge is 2.20. The van der Waals surface area contributed by atoms with Gasteiger partial charge in [0.2, 0.25) is 0 Å². The third kappa shape index (κ3) is 3.98. The predicted octanol–water partition coefficient (Wildman–Crippen LogP) is 4.39. The van der Waals surface area contributed by atoms with Crippen molar-refractivity contribution in [1.82, 2.24) is 0 Å². The molecule has 3 nitrogen and oxygen atoms in total. The van der Waals surface area contributed by atoms with Gasteiger partial charge in [-0.05, 0) is 35.2 Å². The monoisotopic (exact) mass is 312 g/mol. The Morgan fingerprint density at radius 3 is 1.96 bits per heavy atom. The first-order valence-electron chi connectivity index (χ1n) is 8.00. The highest BCUT2D eigenvalue weighted by molar-refractivity contribution is 5.56. The van der Waals surface area contributed by atoms with Crippen LogP contribution in [0.3, 0.4) is 0 Å². The third-order valence-corrected chi connectivity index (χ3v) is 4.14. The highest BCUT2D eigenvalue weighted by Crippen LogP contribution is 2.34. The molecule has 0 atom stereocenters. The van der Waals surface area contributed by atoms with Crippen molar-refractivity contribution >= 4 is 11.4 Å². The zero-order chi connectivity index (χ0) is 17.2. The van der Waals surface area contributed by atoms with Gasteiger partial charge in [0.1, 0.15) is 5.75 Å². The largest absolute Gasteiger partial charge is 0.507 e. The van der Waals surface area contributed by atoms with E-state index in [1.165, 1.54) is 5.69 Å². The van der Waals surface area contributed by atoms with E-state index in [-0.39, 0.29) is 5.41 Å². The van der Waals surface area contributed by atoms with Gasteiger partial charge in [-0.25, -0.2) is 0 Å². The van der Waals surface area contributed by atoms with Crippen LogP contribution in [0.25, 0.3) is 0 Å². The SMILES string of the molecule is CN(C)c1ccc(N(C)Cc2cccc(C(C)(C)C)c2O)cc1. The quantitative estimate of drug-likeness (QED) is 0.907. The summed E-state index contributed by atoms with van der Waals surface area (Å²) in [6, 6.07) is 14.5. The van der Waals surface area contributed by atoms with E-state index in [0.29, 0.717) is 12.3 Å². The molecule has 0 aliphatic rings. The van der Waals surface area contributed by atoms with Crippen LogP contribution >= 0.6 is 0 Å². The first-order chi connectivity index (χ1) is 10.7. The summed E-state index contributed by atoms with van der Waals surface area (Å²) in [7, 11) is 6.12. The average molecular weight is 312 g/mol. The molecule has 2 aromatic carbocycles. The predicted molar refractivity (Wildman–Crippen MR) is 99.7 cm³/mol. The molecular weight excluding hydrogens is 284 g/mol. The van der Waals surface area contributed by atoms with Crippen LogP contribution in [-0.4, -0.2) is 26.2 Å². The van der Waals surface area contributed by atoms with Crippen LogP contribution in [-0.2, 0) is 12.0 Å². The molecule has 2 aromatic rings. The van der Waals surface area contributed by atoms with E-state index < -0.39 is 0 Å². The number of hydrogen-bond donors (Lipinski definition) is 1. The lowest BCUT2D eigenvalue weighted by atomic mass is 9.85. The normalized spacial score (nSPS) is 11.4. The fraction of sp³-hybridized carbons (Fsp3) is 0.400. The number of nitrogens with zero attached hydrogens (tertiary/aromatic N) is 2. The van der Waals surface area contributed by atoms with Gasteiger partial charge in [0, 0.05) is 44.6 Å². The molecule has 3 heteroatoms. The smallest absolute Gasteiger partial charge is 0.124 e. The summed E-state index contributed by atoms with van der Waals surface area (Å²) in [6.45, 7) is 7.04. The first-order valence-corrected chi connectivity index (χ1v) is 8.00. The van der Waals surface area contributed by atoms with Crippen LogP contribution in [0.4, 0.5) is 11.4 Å². The second kappa shape index (κ2) is 6.53. The third-order valence-electron chi connectivity index (χ3n) is 4.14. The summed E-state index contributed by atoms with van der Waals surface area (Å²) in [5.41, 5.74) is 4.20. The number of phenols is 1. The molecule has 0 radical (unpaired) electrons. The molecule has 0 aliphatic heterocycles. The molecular formula is C20H28N2O. The van der Waals surface area contributed by atoms with Gasteiger partial charge in [-0.15, -0.1) is 0 Å². The van der Waals surface area contributed by atoms with Crippen LogP contribution in [0.15, 0.2) is 42.5 Å². The van der Waals surface area contributed by atoms with Crippen LogP contribution in [0, 0.1) is 0 Å². The Kier molecular flexibility index (Phi) is 4.88. The molecule has 0 bridgehead atoms. The molecule has 0 amide bonds. The molecule has 0 saturated heterocycles. The Balaban J connectivity index is 2.22. The number of aromatic hydroxyl groups is 1. The molecule has 124 valence electrons. The minimum Gasteiger partial charge on any atom is -0.507 e. The molecule has 0 spiro atoms. The second-order valence-corrected chi connectivity index (χ2v) is 7.33. The van der Waals surface area contributed by atoms with Crippen molar-refractivity contribution in [3.8, 4) is 5.75 Å². The van der Waals surface area contributed by atoms with Crippen LogP contribution in [0.1, 0.15) is 31.9 Å². The van der Waals surface area contributed by atoms with Crippen molar-refractivity contribution in [1.29, 1.82) is 0 Å². The van der Waals surface area contributed by atoms with Gasteiger partial charge in [0.25, 0.3) is 0 Å². The number of anilines is 2. The van der Waals surface area contributed by atoms with Gasteiger partial charge in [-0.2, -0.15) is 0 Å². The maximum absolute atomic E-state index is 10.6.